The number of benzene rings is 1. The molecule has 1 atom stereocenters. The summed E-state index contributed by atoms with van der Waals surface area (Å²) in [4.78, 5) is 8.42. The van der Waals surface area contributed by atoms with Crippen LogP contribution in [0.3, 0.4) is 0 Å². The van der Waals surface area contributed by atoms with Gasteiger partial charge in [0.1, 0.15) is 0 Å². The van der Waals surface area contributed by atoms with Crippen LogP contribution in [-0.2, 0) is 0 Å². The summed E-state index contributed by atoms with van der Waals surface area (Å²) in [6.45, 7) is 2.66. The van der Waals surface area contributed by atoms with E-state index in [0.29, 0.717) is 6.54 Å². The van der Waals surface area contributed by atoms with Crippen LogP contribution in [0.5, 0.6) is 0 Å². The molecule has 3 nitrogen and oxygen atoms in total. The molecule has 2 aromatic rings. The summed E-state index contributed by atoms with van der Waals surface area (Å²) in [5, 5.41) is 0.974. The van der Waals surface area contributed by atoms with E-state index in [1.165, 1.54) is 11.1 Å². The standard InChI is InChI=1S/C13H15N3S/c1-10-4-2-5-11(8-10)12(9-14)17-13-15-6-3-7-16-13/h2-8,12H,9,14H2,1H3. The summed E-state index contributed by atoms with van der Waals surface area (Å²) >= 11 is 1.60. The molecule has 0 aliphatic rings. The molecular weight excluding hydrogens is 230 g/mol. The predicted molar refractivity (Wildman–Crippen MR) is 70.9 cm³/mol. The molecule has 1 unspecified atom stereocenters. The summed E-state index contributed by atoms with van der Waals surface area (Å²) < 4.78 is 0. The Hall–Kier alpha value is -1.39. The number of aryl methyl sites for hydroxylation is 1. The van der Waals surface area contributed by atoms with Crippen LogP contribution in [0.15, 0.2) is 47.9 Å². The Balaban J connectivity index is 2.17. The summed E-state index contributed by atoms with van der Waals surface area (Å²) in [5.41, 5.74) is 8.30. The Kier molecular flexibility index (Phi) is 4.12. The molecule has 0 bridgehead atoms. The van der Waals surface area contributed by atoms with E-state index in [1.54, 1.807) is 24.2 Å². The Morgan fingerprint density at radius 3 is 2.65 bits per heavy atom. The minimum Gasteiger partial charge on any atom is -0.329 e. The number of aromatic nitrogens is 2. The predicted octanol–water partition coefficient (Wildman–Crippen LogP) is 2.58. The topological polar surface area (TPSA) is 51.8 Å². The molecule has 0 fully saturated rings. The maximum absolute atomic E-state index is 5.83. The smallest absolute Gasteiger partial charge is 0.188 e. The summed E-state index contributed by atoms with van der Waals surface area (Å²) in [6.07, 6.45) is 3.50. The Morgan fingerprint density at radius 2 is 2.00 bits per heavy atom. The highest BCUT2D eigenvalue weighted by Crippen LogP contribution is 2.32. The zero-order valence-corrected chi connectivity index (χ0v) is 10.5. The van der Waals surface area contributed by atoms with Crippen molar-refractivity contribution in [2.45, 2.75) is 17.3 Å². The number of nitrogens with two attached hydrogens (primary N) is 1. The van der Waals surface area contributed by atoms with Crippen LogP contribution in [0.2, 0.25) is 0 Å². The third-order valence-corrected chi connectivity index (χ3v) is 3.59. The lowest BCUT2D eigenvalue weighted by atomic mass is 10.1. The van der Waals surface area contributed by atoms with E-state index in [9.17, 15) is 0 Å². The quantitative estimate of drug-likeness (QED) is 0.664. The van der Waals surface area contributed by atoms with Crippen LogP contribution in [0, 0.1) is 6.92 Å². The van der Waals surface area contributed by atoms with Crippen molar-refractivity contribution in [3.63, 3.8) is 0 Å². The van der Waals surface area contributed by atoms with Gasteiger partial charge in [-0.05, 0) is 18.6 Å². The van der Waals surface area contributed by atoms with Gasteiger partial charge in [0.05, 0.1) is 0 Å². The highest BCUT2D eigenvalue weighted by Gasteiger charge is 2.12. The molecule has 4 heteroatoms. The largest absolute Gasteiger partial charge is 0.329 e. The van der Waals surface area contributed by atoms with Gasteiger partial charge >= 0.3 is 0 Å². The van der Waals surface area contributed by atoms with Gasteiger partial charge in [0.2, 0.25) is 0 Å². The lowest BCUT2D eigenvalue weighted by Crippen LogP contribution is -2.10. The second-order valence-corrected chi connectivity index (χ2v) is 4.96. The van der Waals surface area contributed by atoms with Crippen LogP contribution >= 0.6 is 11.8 Å². The molecule has 0 radical (unpaired) electrons. The first kappa shape index (κ1) is 12.1. The van der Waals surface area contributed by atoms with Gasteiger partial charge in [-0.2, -0.15) is 0 Å². The van der Waals surface area contributed by atoms with Crippen molar-refractivity contribution in [3.05, 3.63) is 53.9 Å². The number of nitrogens with zero attached hydrogens (tertiary/aromatic N) is 2. The number of hydrogen-bond acceptors (Lipinski definition) is 4. The SMILES string of the molecule is Cc1cccc(C(CN)Sc2ncccn2)c1. The van der Waals surface area contributed by atoms with Crippen LogP contribution in [0.1, 0.15) is 16.4 Å². The fourth-order valence-corrected chi connectivity index (χ4v) is 2.47. The molecule has 1 heterocycles. The highest BCUT2D eigenvalue weighted by molar-refractivity contribution is 7.99. The van der Waals surface area contributed by atoms with Gasteiger partial charge in [-0.25, -0.2) is 9.97 Å². The molecular formula is C13H15N3S. The van der Waals surface area contributed by atoms with Crippen LogP contribution in [-0.4, -0.2) is 16.5 Å². The molecule has 1 aromatic heterocycles. The lowest BCUT2D eigenvalue weighted by Gasteiger charge is -2.14. The van der Waals surface area contributed by atoms with Crippen molar-refractivity contribution < 1.29 is 0 Å². The first-order valence-electron chi connectivity index (χ1n) is 5.50. The van der Waals surface area contributed by atoms with Crippen molar-refractivity contribution in [2.75, 3.05) is 6.54 Å². The number of rotatable bonds is 4. The third-order valence-electron chi connectivity index (χ3n) is 2.42. The summed E-state index contributed by atoms with van der Waals surface area (Å²) in [6, 6.07) is 10.2. The fraction of sp³-hybridized carbons (Fsp3) is 0.231. The minimum absolute atomic E-state index is 0.206. The minimum atomic E-state index is 0.206. The maximum Gasteiger partial charge on any atom is 0.188 e. The maximum atomic E-state index is 5.83. The van der Waals surface area contributed by atoms with Crippen molar-refractivity contribution in [1.29, 1.82) is 0 Å². The number of thioether (sulfide) groups is 1. The molecule has 0 saturated heterocycles. The van der Waals surface area contributed by atoms with E-state index in [2.05, 4.69) is 41.2 Å². The Morgan fingerprint density at radius 1 is 1.24 bits per heavy atom. The van der Waals surface area contributed by atoms with E-state index in [-0.39, 0.29) is 5.25 Å². The van der Waals surface area contributed by atoms with E-state index in [0.717, 1.165) is 5.16 Å². The molecule has 2 N–H and O–H groups in total. The van der Waals surface area contributed by atoms with Crippen LogP contribution in [0.25, 0.3) is 0 Å². The first-order valence-corrected chi connectivity index (χ1v) is 6.38. The molecule has 0 amide bonds. The molecule has 0 spiro atoms. The van der Waals surface area contributed by atoms with Gasteiger partial charge in [-0.15, -0.1) is 0 Å². The second kappa shape index (κ2) is 5.80. The van der Waals surface area contributed by atoms with Crippen molar-refractivity contribution >= 4 is 11.8 Å². The highest BCUT2D eigenvalue weighted by atomic mass is 32.2. The second-order valence-electron chi connectivity index (χ2n) is 3.79. The van der Waals surface area contributed by atoms with E-state index in [1.807, 2.05) is 6.07 Å². The average molecular weight is 245 g/mol. The molecule has 0 aliphatic heterocycles. The molecule has 17 heavy (non-hydrogen) atoms. The van der Waals surface area contributed by atoms with Gasteiger partial charge in [0.15, 0.2) is 5.16 Å². The Labute approximate surface area is 105 Å². The van der Waals surface area contributed by atoms with Crippen LogP contribution < -0.4 is 5.73 Å². The molecule has 0 aliphatic carbocycles. The molecule has 88 valence electrons. The zero-order chi connectivity index (χ0) is 12.1. The lowest BCUT2D eigenvalue weighted by molar-refractivity contribution is 0.908. The molecule has 2 rings (SSSR count). The van der Waals surface area contributed by atoms with Gasteiger partial charge in [-0.3, -0.25) is 0 Å². The van der Waals surface area contributed by atoms with E-state index >= 15 is 0 Å². The average Bonchev–Trinajstić information content (AvgIpc) is 2.37. The first-order chi connectivity index (χ1) is 8.29. The van der Waals surface area contributed by atoms with E-state index in [4.69, 9.17) is 5.73 Å². The zero-order valence-electron chi connectivity index (χ0n) is 9.71. The van der Waals surface area contributed by atoms with Gasteiger partial charge in [-0.1, -0.05) is 41.6 Å². The van der Waals surface area contributed by atoms with Crippen molar-refractivity contribution in [1.82, 2.24) is 9.97 Å². The summed E-state index contributed by atoms with van der Waals surface area (Å²) in [7, 11) is 0. The third kappa shape index (κ3) is 3.28. The fourth-order valence-electron chi connectivity index (χ4n) is 1.60. The Bertz CT molecular complexity index is 473. The summed E-state index contributed by atoms with van der Waals surface area (Å²) in [5.74, 6) is 0. The van der Waals surface area contributed by atoms with E-state index < -0.39 is 0 Å². The molecule has 1 aromatic carbocycles. The van der Waals surface area contributed by atoms with Crippen molar-refractivity contribution in [2.24, 2.45) is 5.73 Å². The molecule has 0 saturated carbocycles. The normalized spacial score (nSPS) is 12.4. The van der Waals surface area contributed by atoms with Gasteiger partial charge in [0, 0.05) is 24.2 Å². The van der Waals surface area contributed by atoms with Crippen molar-refractivity contribution in [3.8, 4) is 0 Å². The van der Waals surface area contributed by atoms with Gasteiger partial charge in [0.25, 0.3) is 0 Å². The number of hydrogen-bond donors (Lipinski definition) is 1. The van der Waals surface area contributed by atoms with Gasteiger partial charge < -0.3 is 5.73 Å². The van der Waals surface area contributed by atoms with Crippen LogP contribution in [0.4, 0.5) is 0 Å². The monoisotopic (exact) mass is 245 g/mol.